The summed E-state index contributed by atoms with van der Waals surface area (Å²) in [6.45, 7) is 3.34. The number of benzene rings is 1. The first-order valence-electron chi connectivity index (χ1n) is 11.5. The normalized spacial score (nSPS) is 14.1. The number of anilines is 3. The first kappa shape index (κ1) is 23.2. The number of hydrogen-bond donors (Lipinski definition) is 4. The summed E-state index contributed by atoms with van der Waals surface area (Å²) in [5.41, 5.74) is 2.32. The Morgan fingerprint density at radius 3 is 2.59 bits per heavy atom. The number of rotatable bonds is 6. The van der Waals surface area contributed by atoms with Gasteiger partial charge in [0.05, 0.1) is 5.52 Å². The summed E-state index contributed by atoms with van der Waals surface area (Å²) in [4.78, 5) is 35.0. The lowest BCUT2D eigenvalue weighted by Crippen LogP contribution is -2.42. The molecule has 4 N–H and O–H groups in total. The summed E-state index contributed by atoms with van der Waals surface area (Å²) in [6.07, 6.45) is 6.58. The molecule has 0 atom stereocenters. The fraction of sp³-hybridized carbons (Fsp3) is 0.375. The van der Waals surface area contributed by atoms with E-state index < -0.39 is 0 Å². The van der Waals surface area contributed by atoms with E-state index in [2.05, 4.69) is 32.8 Å². The molecule has 0 unspecified atom stereocenters. The molecule has 1 aromatic carbocycles. The van der Waals surface area contributed by atoms with E-state index in [1.54, 1.807) is 28.8 Å². The lowest BCUT2D eigenvalue weighted by molar-refractivity contribution is 0.193. The van der Waals surface area contributed by atoms with Gasteiger partial charge in [0.25, 0.3) is 0 Å². The van der Waals surface area contributed by atoms with Crippen LogP contribution in [0, 0.1) is 11.3 Å². The van der Waals surface area contributed by atoms with E-state index in [0.717, 1.165) is 48.0 Å². The van der Waals surface area contributed by atoms with Crippen LogP contribution in [0.4, 0.5) is 26.9 Å². The molecule has 10 nitrogen and oxygen atoms in total. The molecule has 3 heterocycles. The Morgan fingerprint density at radius 1 is 1.09 bits per heavy atom. The van der Waals surface area contributed by atoms with Crippen LogP contribution in [-0.4, -0.2) is 57.3 Å². The number of fused-ring (bicyclic) bond motifs is 1. The molecule has 0 saturated carbocycles. The largest absolute Gasteiger partial charge is 0.340 e. The standard InChI is InChI=1S/C24H30N8O2/c1-3-4-19(25)16-7-10-31(11-8-16)24(34)30-22-14-21(27-15-28-22)29-18-6-5-17-9-12-32(20(17)13-18)23(33)26-2/h5-6,9,12-16,25H,3-4,7-8,10-11H2,1-2H3,(H,26,33)(H2,27,28,29,30,34). The molecule has 3 amide bonds. The third-order valence-electron chi connectivity index (χ3n) is 6.09. The Morgan fingerprint density at radius 2 is 1.85 bits per heavy atom. The second-order valence-electron chi connectivity index (χ2n) is 8.39. The van der Waals surface area contributed by atoms with Crippen molar-refractivity contribution in [3.8, 4) is 0 Å². The second kappa shape index (κ2) is 10.3. The van der Waals surface area contributed by atoms with Gasteiger partial charge in [-0.05, 0) is 43.4 Å². The van der Waals surface area contributed by atoms with Gasteiger partial charge >= 0.3 is 12.1 Å². The van der Waals surface area contributed by atoms with Gasteiger partial charge in [0.15, 0.2) is 0 Å². The number of aromatic nitrogens is 3. The summed E-state index contributed by atoms with van der Waals surface area (Å²) < 4.78 is 1.54. The van der Waals surface area contributed by atoms with Crippen LogP contribution < -0.4 is 16.0 Å². The molecular weight excluding hydrogens is 432 g/mol. The third kappa shape index (κ3) is 5.16. The van der Waals surface area contributed by atoms with Crippen molar-refractivity contribution in [2.24, 2.45) is 5.92 Å². The summed E-state index contributed by atoms with van der Waals surface area (Å²) in [7, 11) is 1.59. The molecule has 0 bridgehead atoms. The number of urea groups is 1. The Bertz CT molecular complexity index is 1200. The quantitative estimate of drug-likeness (QED) is 0.403. The molecule has 10 heteroatoms. The molecule has 1 saturated heterocycles. The number of piperidine rings is 1. The van der Waals surface area contributed by atoms with Gasteiger partial charge in [-0.2, -0.15) is 0 Å². The highest BCUT2D eigenvalue weighted by Crippen LogP contribution is 2.24. The van der Waals surface area contributed by atoms with Gasteiger partial charge < -0.3 is 20.9 Å². The lowest BCUT2D eigenvalue weighted by atomic mass is 9.90. The maximum atomic E-state index is 12.7. The highest BCUT2D eigenvalue weighted by molar-refractivity contribution is 5.93. The van der Waals surface area contributed by atoms with Crippen molar-refractivity contribution < 1.29 is 9.59 Å². The van der Waals surface area contributed by atoms with Crippen molar-refractivity contribution in [1.82, 2.24) is 24.8 Å². The smallest absolute Gasteiger partial charge is 0.325 e. The molecule has 1 aliphatic rings. The van der Waals surface area contributed by atoms with Gasteiger partial charge in [0.2, 0.25) is 0 Å². The number of nitrogens with zero attached hydrogens (tertiary/aromatic N) is 4. The number of nitrogens with one attached hydrogen (secondary N) is 4. The molecule has 0 aliphatic carbocycles. The maximum Gasteiger partial charge on any atom is 0.325 e. The average molecular weight is 463 g/mol. The van der Waals surface area contributed by atoms with E-state index in [1.807, 2.05) is 24.3 Å². The third-order valence-corrected chi connectivity index (χ3v) is 6.09. The molecule has 0 spiro atoms. The number of carbonyl (C=O) groups excluding carboxylic acids is 2. The Kier molecular flexibility index (Phi) is 7.05. The number of carbonyl (C=O) groups is 2. The monoisotopic (exact) mass is 462 g/mol. The predicted octanol–water partition coefficient (Wildman–Crippen LogP) is 4.43. The van der Waals surface area contributed by atoms with Crippen molar-refractivity contribution in [2.45, 2.75) is 32.6 Å². The summed E-state index contributed by atoms with van der Waals surface area (Å²) in [5, 5.41) is 17.8. The van der Waals surface area contributed by atoms with Crippen LogP contribution in [0.3, 0.4) is 0 Å². The minimum Gasteiger partial charge on any atom is -0.340 e. The van der Waals surface area contributed by atoms with Gasteiger partial charge in [0.1, 0.15) is 18.0 Å². The molecular formula is C24H30N8O2. The Hall–Kier alpha value is -3.95. The van der Waals surface area contributed by atoms with Crippen molar-refractivity contribution in [3.63, 3.8) is 0 Å². The van der Waals surface area contributed by atoms with Crippen LogP contribution in [0.2, 0.25) is 0 Å². The van der Waals surface area contributed by atoms with E-state index in [-0.39, 0.29) is 18.0 Å². The zero-order chi connectivity index (χ0) is 24.1. The van der Waals surface area contributed by atoms with Crippen LogP contribution in [0.5, 0.6) is 0 Å². The van der Waals surface area contributed by atoms with Crippen LogP contribution >= 0.6 is 0 Å². The molecule has 178 valence electrons. The summed E-state index contributed by atoms with van der Waals surface area (Å²) >= 11 is 0. The van der Waals surface area contributed by atoms with Crippen LogP contribution in [0.15, 0.2) is 42.9 Å². The Labute approximate surface area is 198 Å². The van der Waals surface area contributed by atoms with E-state index in [9.17, 15) is 9.59 Å². The van der Waals surface area contributed by atoms with Gasteiger partial charge in [-0.25, -0.2) is 19.6 Å². The lowest BCUT2D eigenvalue weighted by Gasteiger charge is -2.32. The minimum atomic E-state index is -0.217. The fourth-order valence-electron chi connectivity index (χ4n) is 4.24. The average Bonchev–Trinajstić information content (AvgIpc) is 3.27. The number of amides is 3. The van der Waals surface area contributed by atoms with E-state index >= 15 is 0 Å². The number of hydrogen-bond acceptors (Lipinski definition) is 6. The molecule has 3 aromatic rings. The first-order valence-corrected chi connectivity index (χ1v) is 11.5. The van der Waals surface area contributed by atoms with Crippen LogP contribution in [0.1, 0.15) is 32.6 Å². The minimum absolute atomic E-state index is 0.199. The topological polar surface area (TPSA) is 128 Å². The first-order chi connectivity index (χ1) is 16.5. The fourth-order valence-corrected chi connectivity index (χ4v) is 4.24. The highest BCUT2D eigenvalue weighted by Gasteiger charge is 2.25. The van der Waals surface area contributed by atoms with Gasteiger partial charge in [0, 0.05) is 49.2 Å². The highest BCUT2D eigenvalue weighted by atomic mass is 16.2. The van der Waals surface area contributed by atoms with Crippen molar-refractivity contribution in [3.05, 3.63) is 42.9 Å². The van der Waals surface area contributed by atoms with E-state index in [1.165, 1.54) is 6.33 Å². The predicted molar refractivity (Wildman–Crippen MR) is 133 cm³/mol. The molecule has 1 fully saturated rings. The summed E-state index contributed by atoms with van der Waals surface area (Å²) in [6, 6.07) is 8.82. The van der Waals surface area contributed by atoms with Crippen molar-refractivity contribution in [2.75, 3.05) is 30.8 Å². The molecule has 0 radical (unpaired) electrons. The van der Waals surface area contributed by atoms with Gasteiger partial charge in [-0.3, -0.25) is 9.88 Å². The second-order valence-corrected chi connectivity index (χ2v) is 8.39. The molecule has 1 aliphatic heterocycles. The molecule has 2 aromatic heterocycles. The van der Waals surface area contributed by atoms with E-state index in [4.69, 9.17) is 5.41 Å². The van der Waals surface area contributed by atoms with Gasteiger partial charge in [-0.15, -0.1) is 0 Å². The van der Waals surface area contributed by atoms with E-state index in [0.29, 0.717) is 24.7 Å². The van der Waals surface area contributed by atoms with Crippen molar-refractivity contribution >= 4 is 46.0 Å². The van der Waals surface area contributed by atoms with Gasteiger partial charge in [-0.1, -0.05) is 19.4 Å². The van der Waals surface area contributed by atoms with Crippen LogP contribution in [0.25, 0.3) is 10.9 Å². The SMILES string of the molecule is CCCC(=N)C1CCN(C(=O)Nc2cc(Nc3ccc4ccn(C(=O)NC)c4c3)ncn2)CC1. The number of likely N-dealkylation sites (tertiary alicyclic amines) is 1. The summed E-state index contributed by atoms with van der Waals surface area (Å²) in [5.74, 6) is 1.20. The Balaban J connectivity index is 1.39. The zero-order valence-corrected chi connectivity index (χ0v) is 19.5. The zero-order valence-electron chi connectivity index (χ0n) is 19.5. The van der Waals surface area contributed by atoms with Crippen molar-refractivity contribution in [1.29, 1.82) is 5.41 Å². The van der Waals surface area contributed by atoms with Crippen LogP contribution in [-0.2, 0) is 0 Å². The molecule has 34 heavy (non-hydrogen) atoms. The maximum absolute atomic E-state index is 12.7. The molecule has 4 rings (SSSR count).